The fraction of sp³-hybridized carbons (Fsp3) is 0.0870. The Labute approximate surface area is 167 Å². The standard InChI is InChI=1S/C23H17N3O3/c1-15(28-19-6-4-5-16(13-19)14-24)22(27)25-18-11-9-17(10-12-18)23-26-20-7-2-3-8-21(20)29-23/h2-13,15H,1H3,(H,25,27). The number of carbonyl (C=O) groups is 1. The minimum absolute atomic E-state index is 0.290. The summed E-state index contributed by atoms with van der Waals surface area (Å²) in [6.45, 7) is 1.65. The number of rotatable bonds is 5. The summed E-state index contributed by atoms with van der Waals surface area (Å²) in [6, 6.07) is 23.5. The number of ether oxygens (including phenoxy) is 1. The van der Waals surface area contributed by atoms with Gasteiger partial charge in [0, 0.05) is 11.3 Å². The normalized spacial score (nSPS) is 11.6. The van der Waals surface area contributed by atoms with E-state index in [0.717, 1.165) is 16.7 Å². The number of hydrogen-bond acceptors (Lipinski definition) is 5. The number of carbonyl (C=O) groups excluding carboxylic acids is 1. The predicted molar refractivity (Wildman–Crippen MR) is 109 cm³/mol. The number of amides is 1. The van der Waals surface area contributed by atoms with Crippen LogP contribution in [0.15, 0.2) is 77.2 Å². The summed E-state index contributed by atoms with van der Waals surface area (Å²) in [7, 11) is 0. The van der Waals surface area contributed by atoms with Gasteiger partial charge in [-0.05, 0) is 61.5 Å². The quantitative estimate of drug-likeness (QED) is 0.536. The number of anilines is 1. The fourth-order valence-corrected chi connectivity index (χ4v) is 2.83. The number of nitriles is 1. The molecule has 4 rings (SSSR count). The minimum atomic E-state index is -0.722. The van der Waals surface area contributed by atoms with Gasteiger partial charge in [-0.25, -0.2) is 4.98 Å². The Hall–Kier alpha value is -4.11. The lowest BCUT2D eigenvalue weighted by atomic mass is 10.2. The van der Waals surface area contributed by atoms with E-state index in [9.17, 15) is 4.79 Å². The highest BCUT2D eigenvalue weighted by molar-refractivity contribution is 5.94. The van der Waals surface area contributed by atoms with Gasteiger partial charge in [0.1, 0.15) is 11.3 Å². The van der Waals surface area contributed by atoms with Gasteiger partial charge in [-0.15, -0.1) is 0 Å². The minimum Gasteiger partial charge on any atom is -0.481 e. The van der Waals surface area contributed by atoms with Crippen molar-refractivity contribution in [2.75, 3.05) is 5.32 Å². The van der Waals surface area contributed by atoms with E-state index in [1.807, 2.05) is 42.5 Å². The molecule has 142 valence electrons. The summed E-state index contributed by atoms with van der Waals surface area (Å²) < 4.78 is 11.4. The third kappa shape index (κ3) is 4.09. The van der Waals surface area contributed by atoms with E-state index >= 15 is 0 Å². The van der Waals surface area contributed by atoms with Crippen LogP contribution >= 0.6 is 0 Å². The number of oxazole rings is 1. The number of nitrogens with one attached hydrogen (secondary N) is 1. The number of hydrogen-bond donors (Lipinski definition) is 1. The lowest BCUT2D eigenvalue weighted by molar-refractivity contribution is -0.122. The predicted octanol–water partition coefficient (Wildman–Crippen LogP) is 4.77. The molecule has 3 aromatic carbocycles. The van der Waals surface area contributed by atoms with Crippen molar-refractivity contribution < 1.29 is 13.9 Å². The fourth-order valence-electron chi connectivity index (χ4n) is 2.83. The molecular weight excluding hydrogens is 366 g/mol. The Balaban J connectivity index is 1.42. The van der Waals surface area contributed by atoms with Gasteiger partial charge in [-0.1, -0.05) is 18.2 Å². The van der Waals surface area contributed by atoms with E-state index in [1.54, 1.807) is 43.3 Å². The van der Waals surface area contributed by atoms with Gasteiger partial charge in [0.25, 0.3) is 5.91 Å². The zero-order chi connectivity index (χ0) is 20.2. The topological polar surface area (TPSA) is 88.1 Å². The third-order valence-electron chi connectivity index (χ3n) is 4.34. The van der Waals surface area contributed by atoms with Crippen LogP contribution in [0.4, 0.5) is 5.69 Å². The molecule has 0 aliphatic carbocycles. The molecule has 0 bridgehead atoms. The monoisotopic (exact) mass is 383 g/mol. The van der Waals surface area contributed by atoms with E-state index in [4.69, 9.17) is 14.4 Å². The van der Waals surface area contributed by atoms with Crippen LogP contribution in [-0.4, -0.2) is 17.0 Å². The van der Waals surface area contributed by atoms with Crippen molar-refractivity contribution in [3.05, 3.63) is 78.4 Å². The van der Waals surface area contributed by atoms with E-state index in [-0.39, 0.29) is 5.91 Å². The molecule has 1 N–H and O–H groups in total. The van der Waals surface area contributed by atoms with Crippen LogP contribution in [0.2, 0.25) is 0 Å². The molecule has 4 aromatic rings. The number of nitrogens with zero attached hydrogens (tertiary/aromatic N) is 2. The van der Waals surface area contributed by atoms with Crippen molar-refractivity contribution in [3.8, 4) is 23.3 Å². The Bertz CT molecular complexity index is 1170. The summed E-state index contributed by atoms with van der Waals surface area (Å²) in [5.41, 5.74) is 3.45. The molecule has 1 heterocycles. The highest BCUT2D eigenvalue weighted by atomic mass is 16.5. The molecule has 0 radical (unpaired) electrons. The number of fused-ring (bicyclic) bond motifs is 1. The second kappa shape index (κ2) is 7.87. The lowest BCUT2D eigenvalue weighted by Crippen LogP contribution is -2.30. The summed E-state index contributed by atoms with van der Waals surface area (Å²) in [4.78, 5) is 16.9. The van der Waals surface area contributed by atoms with Crippen molar-refractivity contribution in [2.24, 2.45) is 0 Å². The van der Waals surface area contributed by atoms with Gasteiger partial charge in [-0.3, -0.25) is 4.79 Å². The molecule has 0 saturated carbocycles. The Morgan fingerprint density at radius 3 is 2.66 bits per heavy atom. The summed E-state index contributed by atoms with van der Waals surface area (Å²) in [5, 5.41) is 11.8. The smallest absolute Gasteiger partial charge is 0.265 e. The number of para-hydroxylation sites is 2. The Kier molecular flexibility index (Phi) is 4.95. The van der Waals surface area contributed by atoms with Crippen LogP contribution < -0.4 is 10.1 Å². The third-order valence-corrected chi connectivity index (χ3v) is 4.34. The second-order valence-electron chi connectivity index (χ2n) is 6.45. The summed E-state index contributed by atoms with van der Waals surface area (Å²) in [5.74, 6) is 0.707. The van der Waals surface area contributed by atoms with Crippen LogP contribution in [0.5, 0.6) is 5.75 Å². The van der Waals surface area contributed by atoms with Gasteiger partial charge in [0.15, 0.2) is 11.7 Å². The first-order valence-corrected chi connectivity index (χ1v) is 9.06. The Morgan fingerprint density at radius 1 is 1.10 bits per heavy atom. The lowest BCUT2D eigenvalue weighted by Gasteiger charge is -2.15. The van der Waals surface area contributed by atoms with E-state index in [0.29, 0.717) is 22.9 Å². The Morgan fingerprint density at radius 2 is 1.90 bits per heavy atom. The first-order chi connectivity index (χ1) is 14.1. The van der Waals surface area contributed by atoms with Crippen molar-refractivity contribution in [2.45, 2.75) is 13.0 Å². The van der Waals surface area contributed by atoms with Gasteiger partial charge in [0.2, 0.25) is 5.89 Å². The first-order valence-electron chi connectivity index (χ1n) is 9.06. The molecule has 0 aliphatic rings. The molecule has 6 heteroatoms. The molecule has 0 saturated heterocycles. The molecular formula is C23H17N3O3. The van der Waals surface area contributed by atoms with Crippen LogP contribution in [-0.2, 0) is 4.79 Å². The van der Waals surface area contributed by atoms with E-state index in [1.165, 1.54) is 0 Å². The molecule has 6 nitrogen and oxygen atoms in total. The van der Waals surface area contributed by atoms with E-state index in [2.05, 4.69) is 10.3 Å². The van der Waals surface area contributed by atoms with Gasteiger partial charge >= 0.3 is 0 Å². The number of benzene rings is 3. The van der Waals surface area contributed by atoms with Crippen molar-refractivity contribution in [3.63, 3.8) is 0 Å². The molecule has 0 spiro atoms. The van der Waals surface area contributed by atoms with Crippen LogP contribution in [0.3, 0.4) is 0 Å². The first kappa shape index (κ1) is 18.3. The van der Waals surface area contributed by atoms with Gasteiger partial charge < -0.3 is 14.5 Å². The van der Waals surface area contributed by atoms with Crippen molar-refractivity contribution >= 4 is 22.7 Å². The molecule has 1 unspecified atom stereocenters. The number of aromatic nitrogens is 1. The zero-order valence-electron chi connectivity index (χ0n) is 15.6. The van der Waals surface area contributed by atoms with Crippen molar-refractivity contribution in [1.82, 2.24) is 4.98 Å². The molecule has 1 aromatic heterocycles. The maximum absolute atomic E-state index is 12.4. The largest absolute Gasteiger partial charge is 0.481 e. The average molecular weight is 383 g/mol. The molecule has 29 heavy (non-hydrogen) atoms. The zero-order valence-corrected chi connectivity index (χ0v) is 15.6. The van der Waals surface area contributed by atoms with E-state index < -0.39 is 6.10 Å². The maximum atomic E-state index is 12.4. The SMILES string of the molecule is CC(Oc1cccc(C#N)c1)C(=O)Nc1ccc(-c2nc3ccccc3o2)cc1. The van der Waals surface area contributed by atoms with Crippen LogP contribution in [0, 0.1) is 11.3 Å². The summed E-state index contributed by atoms with van der Waals surface area (Å²) >= 11 is 0. The molecule has 0 aliphatic heterocycles. The average Bonchev–Trinajstić information content (AvgIpc) is 3.18. The molecule has 1 atom stereocenters. The highest BCUT2D eigenvalue weighted by Crippen LogP contribution is 2.25. The second-order valence-corrected chi connectivity index (χ2v) is 6.45. The maximum Gasteiger partial charge on any atom is 0.265 e. The molecule has 0 fully saturated rings. The van der Waals surface area contributed by atoms with Gasteiger partial charge in [0.05, 0.1) is 11.6 Å². The molecule has 1 amide bonds. The highest BCUT2D eigenvalue weighted by Gasteiger charge is 2.15. The van der Waals surface area contributed by atoms with Gasteiger partial charge in [-0.2, -0.15) is 5.26 Å². The van der Waals surface area contributed by atoms with Crippen LogP contribution in [0.1, 0.15) is 12.5 Å². The van der Waals surface area contributed by atoms with Crippen LogP contribution in [0.25, 0.3) is 22.6 Å². The summed E-state index contributed by atoms with van der Waals surface area (Å²) in [6.07, 6.45) is -0.722. The van der Waals surface area contributed by atoms with Crippen molar-refractivity contribution in [1.29, 1.82) is 5.26 Å².